The molecule has 0 aliphatic heterocycles. The lowest BCUT2D eigenvalue weighted by molar-refractivity contribution is -0.137. The van der Waals surface area contributed by atoms with Crippen molar-refractivity contribution < 1.29 is 22.7 Å². The molecule has 0 heterocycles. The Hall–Kier alpha value is -0.700. The van der Waals surface area contributed by atoms with Crippen molar-refractivity contribution in [3.63, 3.8) is 0 Å². The first kappa shape index (κ1) is 17.4. The molecule has 0 unspecified atom stereocenters. The van der Waals surface area contributed by atoms with Crippen LogP contribution in [-0.2, 0) is 14.8 Å². The number of carboxylic acid groups (broad SMARTS) is 1. The summed E-state index contributed by atoms with van der Waals surface area (Å²) in [4.78, 5) is 10.4. The van der Waals surface area contributed by atoms with Crippen molar-refractivity contribution in [1.29, 1.82) is 0 Å². The molecule has 0 atom stereocenters. The molecular weight excluding hydrogens is 377 g/mol. The Kier molecular flexibility index (Phi) is 5.93. The molecule has 1 aromatic rings. The van der Waals surface area contributed by atoms with Crippen LogP contribution in [0, 0.1) is 5.82 Å². The summed E-state index contributed by atoms with van der Waals surface area (Å²) in [6, 6.07) is 1.83. The van der Waals surface area contributed by atoms with E-state index in [1.54, 1.807) is 6.92 Å². The number of sulfonamides is 1. The monoisotopic (exact) mass is 387 g/mol. The lowest BCUT2D eigenvalue weighted by Crippen LogP contribution is -2.36. The summed E-state index contributed by atoms with van der Waals surface area (Å²) >= 11 is 8.72. The lowest BCUT2D eigenvalue weighted by Gasteiger charge is -2.21. The van der Waals surface area contributed by atoms with Crippen LogP contribution in [0.4, 0.5) is 4.39 Å². The van der Waals surface area contributed by atoms with Crippen LogP contribution in [0.3, 0.4) is 0 Å². The van der Waals surface area contributed by atoms with Gasteiger partial charge in [0.05, 0.1) is 5.02 Å². The number of hydrogen-bond donors (Lipinski definition) is 1. The first-order valence-electron chi connectivity index (χ1n) is 5.56. The highest BCUT2D eigenvalue weighted by Crippen LogP contribution is 2.32. The van der Waals surface area contributed by atoms with Crippen LogP contribution >= 0.6 is 27.5 Å². The Labute approximate surface area is 129 Å². The van der Waals surface area contributed by atoms with Crippen molar-refractivity contribution in [3.8, 4) is 0 Å². The van der Waals surface area contributed by atoms with E-state index < -0.39 is 28.4 Å². The highest BCUT2D eigenvalue weighted by molar-refractivity contribution is 9.10. The van der Waals surface area contributed by atoms with Crippen molar-refractivity contribution in [3.05, 3.63) is 27.4 Å². The quantitative estimate of drug-likeness (QED) is 0.813. The number of halogens is 3. The number of aliphatic carboxylic acids is 1. The number of nitrogens with zero attached hydrogens (tertiary/aromatic N) is 1. The van der Waals surface area contributed by atoms with Gasteiger partial charge in [-0.15, -0.1) is 0 Å². The molecule has 1 N–H and O–H groups in total. The van der Waals surface area contributed by atoms with E-state index in [-0.39, 0.29) is 20.9 Å². The minimum absolute atomic E-state index is 0.0226. The molecule has 0 saturated heterocycles. The Morgan fingerprint density at radius 3 is 2.55 bits per heavy atom. The molecule has 0 fully saturated rings. The first-order valence-corrected chi connectivity index (χ1v) is 8.17. The first-order chi connectivity index (χ1) is 9.20. The summed E-state index contributed by atoms with van der Waals surface area (Å²) in [6.07, 6.45) is 0.433. The molecule has 0 saturated carbocycles. The molecule has 1 rings (SSSR count). The van der Waals surface area contributed by atoms with E-state index in [1.807, 2.05) is 0 Å². The SMILES string of the molecule is CCCN(CC(=O)O)S(=O)(=O)c1c(Cl)cc(F)cc1Br. The molecule has 0 bridgehead atoms. The van der Waals surface area contributed by atoms with Crippen LogP contribution in [0.25, 0.3) is 0 Å². The Morgan fingerprint density at radius 2 is 2.10 bits per heavy atom. The van der Waals surface area contributed by atoms with E-state index in [0.29, 0.717) is 6.42 Å². The average molecular weight is 389 g/mol. The van der Waals surface area contributed by atoms with Crippen molar-refractivity contribution >= 4 is 43.5 Å². The molecule has 0 aliphatic carbocycles. The van der Waals surface area contributed by atoms with Crippen molar-refractivity contribution in [1.82, 2.24) is 4.31 Å². The molecule has 0 radical (unpaired) electrons. The Balaban J connectivity index is 3.37. The second-order valence-corrected chi connectivity index (χ2v) is 7.07. The Morgan fingerprint density at radius 1 is 1.50 bits per heavy atom. The normalized spacial score (nSPS) is 11.8. The van der Waals surface area contributed by atoms with E-state index in [0.717, 1.165) is 16.4 Å². The van der Waals surface area contributed by atoms with E-state index in [9.17, 15) is 17.6 Å². The molecule has 20 heavy (non-hydrogen) atoms. The smallest absolute Gasteiger partial charge is 0.318 e. The number of rotatable bonds is 6. The van der Waals surface area contributed by atoms with Gasteiger partial charge in [-0.3, -0.25) is 4.79 Å². The highest BCUT2D eigenvalue weighted by Gasteiger charge is 2.30. The number of benzene rings is 1. The van der Waals surface area contributed by atoms with Gasteiger partial charge < -0.3 is 5.11 Å². The maximum atomic E-state index is 13.1. The van der Waals surface area contributed by atoms with E-state index >= 15 is 0 Å². The standard InChI is InChI=1S/C11H12BrClFNO4S/c1-2-3-15(6-10(16)17)20(18,19)11-8(12)4-7(14)5-9(11)13/h4-5H,2-3,6H2,1H3,(H,16,17). The van der Waals surface area contributed by atoms with Gasteiger partial charge in [-0.05, 0) is 34.5 Å². The fourth-order valence-corrected chi connectivity index (χ4v) is 4.82. The molecule has 5 nitrogen and oxygen atoms in total. The molecule has 0 spiro atoms. The maximum absolute atomic E-state index is 13.1. The third-order valence-electron chi connectivity index (χ3n) is 2.35. The van der Waals surface area contributed by atoms with Crippen molar-refractivity contribution in [2.24, 2.45) is 0 Å². The predicted octanol–water partition coefficient (Wildman–Crippen LogP) is 2.73. The average Bonchev–Trinajstić information content (AvgIpc) is 2.25. The van der Waals surface area contributed by atoms with Crippen LogP contribution in [0.2, 0.25) is 5.02 Å². The fraction of sp³-hybridized carbons (Fsp3) is 0.364. The van der Waals surface area contributed by atoms with E-state index in [2.05, 4.69) is 15.9 Å². The van der Waals surface area contributed by atoms with Gasteiger partial charge in [0.2, 0.25) is 10.0 Å². The topological polar surface area (TPSA) is 74.7 Å². The maximum Gasteiger partial charge on any atom is 0.318 e. The zero-order valence-corrected chi connectivity index (χ0v) is 13.6. The fourth-order valence-electron chi connectivity index (χ4n) is 1.59. The summed E-state index contributed by atoms with van der Waals surface area (Å²) in [6.45, 7) is 1.05. The zero-order valence-electron chi connectivity index (χ0n) is 10.4. The predicted molar refractivity (Wildman–Crippen MR) is 75.8 cm³/mol. The van der Waals surface area contributed by atoms with E-state index in [1.165, 1.54) is 0 Å². The molecule has 0 amide bonds. The number of carbonyl (C=O) groups is 1. The van der Waals surface area contributed by atoms with Gasteiger partial charge in [-0.25, -0.2) is 12.8 Å². The highest BCUT2D eigenvalue weighted by atomic mass is 79.9. The number of hydrogen-bond acceptors (Lipinski definition) is 3. The summed E-state index contributed by atoms with van der Waals surface area (Å²) in [5.74, 6) is -1.97. The van der Waals surface area contributed by atoms with Crippen molar-refractivity contribution in [2.45, 2.75) is 18.2 Å². The van der Waals surface area contributed by atoms with Crippen molar-refractivity contribution in [2.75, 3.05) is 13.1 Å². The van der Waals surface area contributed by atoms with Gasteiger partial charge in [-0.2, -0.15) is 4.31 Å². The molecule has 112 valence electrons. The third-order valence-corrected chi connectivity index (χ3v) is 5.59. The van der Waals surface area contributed by atoms with Crippen LogP contribution in [0.15, 0.2) is 21.5 Å². The zero-order chi connectivity index (χ0) is 15.5. The van der Waals surface area contributed by atoms with Gasteiger partial charge >= 0.3 is 5.97 Å². The van der Waals surface area contributed by atoms with Gasteiger partial charge in [0.1, 0.15) is 17.3 Å². The van der Waals surface area contributed by atoms with Crippen LogP contribution in [0.1, 0.15) is 13.3 Å². The molecule has 1 aromatic carbocycles. The summed E-state index contributed by atoms with van der Waals surface area (Å²) in [7, 11) is -4.13. The minimum Gasteiger partial charge on any atom is -0.480 e. The molecule has 0 aromatic heterocycles. The second-order valence-electron chi connectivity index (χ2n) is 3.93. The second kappa shape index (κ2) is 6.84. The molecule has 0 aliphatic rings. The van der Waals surface area contributed by atoms with Crippen LogP contribution in [-0.4, -0.2) is 36.9 Å². The van der Waals surface area contributed by atoms with Gasteiger partial charge in [0.25, 0.3) is 0 Å². The van der Waals surface area contributed by atoms with Crippen LogP contribution in [0.5, 0.6) is 0 Å². The lowest BCUT2D eigenvalue weighted by atomic mass is 10.3. The third kappa shape index (κ3) is 3.91. The summed E-state index contributed by atoms with van der Waals surface area (Å²) < 4.78 is 38.8. The summed E-state index contributed by atoms with van der Waals surface area (Å²) in [5, 5.41) is 8.49. The molecule has 9 heteroatoms. The van der Waals surface area contributed by atoms with E-state index in [4.69, 9.17) is 16.7 Å². The van der Waals surface area contributed by atoms with Gasteiger partial charge in [0, 0.05) is 11.0 Å². The molecular formula is C11H12BrClFNO4S. The summed E-state index contributed by atoms with van der Waals surface area (Å²) in [5.41, 5.74) is 0. The van der Waals surface area contributed by atoms with Gasteiger partial charge in [-0.1, -0.05) is 18.5 Å². The minimum atomic E-state index is -4.13. The van der Waals surface area contributed by atoms with Gasteiger partial charge in [0.15, 0.2) is 0 Å². The number of carboxylic acids is 1. The Bertz CT molecular complexity index is 600. The largest absolute Gasteiger partial charge is 0.480 e. The van der Waals surface area contributed by atoms with Crippen LogP contribution < -0.4 is 0 Å².